The first kappa shape index (κ1) is 18.3. The smallest absolute Gasteiger partial charge is 0.263 e. The van der Waals surface area contributed by atoms with Crippen LogP contribution in [0.1, 0.15) is 46.1 Å². The average Bonchev–Trinajstić information content (AvgIpc) is 3.06. The van der Waals surface area contributed by atoms with Crippen molar-refractivity contribution in [1.29, 1.82) is 0 Å². The Morgan fingerprint density at radius 3 is 2.58 bits per heavy atom. The van der Waals surface area contributed by atoms with E-state index < -0.39 is 0 Å². The lowest BCUT2D eigenvalue weighted by Gasteiger charge is -2.31. The van der Waals surface area contributed by atoms with Crippen LogP contribution < -0.4 is 0 Å². The summed E-state index contributed by atoms with van der Waals surface area (Å²) >= 11 is 0. The minimum Gasteiger partial charge on any atom is -0.459 e. The van der Waals surface area contributed by atoms with Crippen molar-refractivity contribution in [2.75, 3.05) is 13.1 Å². The highest BCUT2D eigenvalue weighted by Crippen LogP contribution is 2.23. The molecule has 0 fully saturated rings. The Labute approximate surface area is 144 Å². The van der Waals surface area contributed by atoms with Crippen LogP contribution in [0.3, 0.4) is 0 Å². The molecule has 0 spiro atoms. The third-order valence-electron chi connectivity index (χ3n) is 3.55. The van der Waals surface area contributed by atoms with E-state index in [1.807, 2.05) is 11.8 Å². The molecule has 5 heteroatoms. The van der Waals surface area contributed by atoms with Crippen LogP contribution in [0.2, 0.25) is 0 Å². The Kier molecular flexibility index (Phi) is 5.52. The van der Waals surface area contributed by atoms with Gasteiger partial charge in [0.15, 0.2) is 5.76 Å². The van der Waals surface area contributed by atoms with Gasteiger partial charge in [-0.05, 0) is 30.4 Å². The molecule has 2 rings (SSSR count). The number of aromatic nitrogens is 1. The molecule has 0 atom stereocenters. The van der Waals surface area contributed by atoms with Crippen molar-refractivity contribution in [2.45, 2.75) is 48.0 Å². The molecule has 0 N–H and O–H groups in total. The van der Waals surface area contributed by atoms with Gasteiger partial charge in [0.25, 0.3) is 5.89 Å². The molecule has 0 aliphatic heterocycles. The quantitative estimate of drug-likeness (QED) is 0.790. The van der Waals surface area contributed by atoms with Gasteiger partial charge in [0.1, 0.15) is 5.76 Å². The fourth-order valence-corrected chi connectivity index (χ4v) is 2.62. The maximum atomic E-state index is 12.8. The van der Waals surface area contributed by atoms with Crippen molar-refractivity contribution in [1.82, 2.24) is 9.88 Å². The van der Waals surface area contributed by atoms with E-state index in [1.54, 1.807) is 18.4 Å². The second kappa shape index (κ2) is 7.24. The lowest BCUT2D eigenvalue weighted by Crippen LogP contribution is -2.41. The number of hydrogen-bond acceptors (Lipinski definition) is 4. The predicted molar refractivity (Wildman–Crippen MR) is 93.5 cm³/mol. The van der Waals surface area contributed by atoms with Gasteiger partial charge < -0.3 is 13.7 Å². The van der Waals surface area contributed by atoms with Gasteiger partial charge in [-0.15, -0.1) is 0 Å². The highest BCUT2D eigenvalue weighted by atomic mass is 16.4. The predicted octanol–water partition coefficient (Wildman–Crippen LogP) is 4.32. The fraction of sp³-hybridized carbons (Fsp3) is 0.579. The SMILES string of the molecule is Cc1oc(-c2ccco2)nc1CC(=O)N(CC(C)C)CC(C)(C)C. The molecular formula is C19H28N2O3. The van der Waals surface area contributed by atoms with Crippen LogP contribution in [0.25, 0.3) is 11.7 Å². The molecule has 0 bridgehead atoms. The molecular weight excluding hydrogens is 304 g/mol. The van der Waals surface area contributed by atoms with E-state index >= 15 is 0 Å². The molecule has 2 aromatic heterocycles. The monoisotopic (exact) mass is 332 g/mol. The number of rotatable bonds is 6. The first-order chi connectivity index (χ1) is 11.2. The van der Waals surface area contributed by atoms with Crippen LogP contribution in [0, 0.1) is 18.3 Å². The van der Waals surface area contributed by atoms with E-state index in [1.165, 1.54) is 0 Å². The van der Waals surface area contributed by atoms with Crippen molar-refractivity contribution in [3.05, 3.63) is 29.9 Å². The highest BCUT2D eigenvalue weighted by molar-refractivity contribution is 5.78. The molecule has 0 saturated carbocycles. The number of carbonyl (C=O) groups is 1. The van der Waals surface area contributed by atoms with E-state index in [2.05, 4.69) is 39.6 Å². The van der Waals surface area contributed by atoms with Gasteiger partial charge in [0.2, 0.25) is 5.91 Å². The number of oxazole rings is 1. The van der Waals surface area contributed by atoms with Crippen LogP contribution in [-0.2, 0) is 11.2 Å². The van der Waals surface area contributed by atoms with E-state index in [0.717, 1.165) is 13.1 Å². The number of amides is 1. The van der Waals surface area contributed by atoms with Crippen LogP contribution >= 0.6 is 0 Å². The van der Waals surface area contributed by atoms with Crippen molar-refractivity contribution >= 4 is 5.91 Å². The second-order valence-electron chi connectivity index (χ2n) is 7.90. The Balaban J connectivity index is 2.14. The Hall–Kier alpha value is -2.04. The maximum Gasteiger partial charge on any atom is 0.263 e. The minimum atomic E-state index is 0.0583. The van der Waals surface area contributed by atoms with Gasteiger partial charge in [0.05, 0.1) is 18.4 Å². The first-order valence-corrected chi connectivity index (χ1v) is 8.43. The average molecular weight is 332 g/mol. The largest absolute Gasteiger partial charge is 0.459 e. The molecule has 0 aliphatic rings. The second-order valence-corrected chi connectivity index (χ2v) is 7.90. The number of furan rings is 1. The number of aryl methyl sites for hydroxylation is 1. The van der Waals surface area contributed by atoms with Gasteiger partial charge in [0, 0.05) is 13.1 Å². The Bertz CT molecular complexity index is 663. The molecule has 2 aromatic rings. The van der Waals surface area contributed by atoms with Crippen LogP contribution in [0.4, 0.5) is 0 Å². The normalized spacial score (nSPS) is 12.0. The number of carbonyl (C=O) groups excluding carboxylic acids is 1. The molecule has 0 aliphatic carbocycles. The van der Waals surface area contributed by atoms with Crippen molar-refractivity contribution < 1.29 is 13.6 Å². The summed E-state index contributed by atoms with van der Waals surface area (Å²) in [6, 6.07) is 3.58. The van der Waals surface area contributed by atoms with Gasteiger partial charge in [-0.3, -0.25) is 4.79 Å². The summed E-state index contributed by atoms with van der Waals surface area (Å²) in [5.74, 6) is 2.17. The highest BCUT2D eigenvalue weighted by Gasteiger charge is 2.24. The summed E-state index contributed by atoms with van der Waals surface area (Å²) in [6.45, 7) is 14.0. The van der Waals surface area contributed by atoms with Crippen LogP contribution in [0.15, 0.2) is 27.2 Å². The Morgan fingerprint density at radius 1 is 1.33 bits per heavy atom. The molecule has 0 unspecified atom stereocenters. The topological polar surface area (TPSA) is 59.5 Å². The standard InChI is InChI=1S/C19H28N2O3/c1-13(2)11-21(12-19(4,5)6)17(22)10-15-14(3)24-18(20-15)16-8-7-9-23-16/h7-9,13H,10-12H2,1-6H3. The van der Waals surface area contributed by atoms with E-state index in [0.29, 0.717) is 29.0 Å². The van der Waals surface area contributed by atoms with Gasteiger partial charge >= 0.3 is 0 Å². The summed E-state index contributed by atoms with van der Waals surface area (Å²) in [7, 11) is 0. The van der Waals surface area contributed by atoms with Crippen molar-refractivity contribution in [3.8, 4) is 11.7 Å². The molecule has 1 amide bonds. The summed E-state index contributed by atoms with van der Waals surface area (Å²) in [5, 5.41) is 0. The van der Waals surface area contributed by atoms with Crippen LogP contribution in [0.5, 0.6) is 0 Å². The molecule has 5 nitrogen and oxygen atoms in total. The summed E-state index contributed by atoms with van der Waals surface area (Å²) in [6.07, 6.45) is 1.83. The minimum absolute atomic E-state index is 0.0583. The third-order valence-corrected chi connectivity index (χ3v) is 3.55. The van der Waals surface area contributed by atoms with E-state index in [-0.39, 0.29) is 17.7 Å². The number of nitrogens with zero attached hydrogens (tertiary/aromatic N) is 2. The number of hydrogen-bond donors (Lipinski definition) is 0. The van der Waals surface area contributed by atoms with E-state index in [4.69, 9.17) is 8.83 Å². The van der Waals surface area contributed by atoms with E-state index in [9.17, 15) is 4.79 Å². The molecule has 0 aromatic carbocycles. The molecule has 24 heavy (non-hydrogen) atoms. The van der Waals surface area contributed by atoms with Crippen molar-refractivity contribution in [2.24, 2.45) is 11.3 Å². The zero-order valence-corrected chi connectivity index (χ0v) is 15.5. The summed E-state index contributed by atoms with van der Waals surface area (Å²) < 4.78 is 11.0. The fourth-order valence-electron chi connectivity index (χ4n) is 2.62. The van der Waals surface area contributed by atoms with Crippen molar-refractivity contribution in [3.63, 3.8) is 0 Å². The molecule has 0 saturated heterocycles. The lowest BCUT2D eigenvalue weighted by atomic mass is 9.95. The van der Waals surface area contributed by atoms with Crippen LogP contribution in [-0.4, -0.2) is 28.9 Å². The molecule has 0 radical (unpaired) electrons. The van der Waals surface area contributed by atoms with Gasteiger partial charge in [-0.2, -0.15) is 0 Å². The van der Waals surface area contributed by atoms with Gasteiger partial charge in [-0.1, -0.05) is 34.6 Å². The summed E-state index contributed by atoms with van der Waals surface area (Å²) in [4.78, 5) is 19.2. The maximum absolute atomic E-state index is 12.8. The molecule has 132 valence electrons. The Morgan fingerprint density at radius 2 is 2.04 bits per heavy atom. The third kappa shape index (κ3) is 4.98. The van der Waals surface area contributed by atoms with Gasteiger partial charge in [-0.25, -0.2) is 4.98 Å². The molecule has 2 heterocycles. The first-order valence-electron chi connectivity index (χ1n) is 8.43. The zero-order valence-electron chi connectivity index (χ0n) is 15.5. The summed E-state index contributed by atoms with van der Waals surface area (Å²) in [5.41, 5.74) is 0.733. The lowest BCUT2D eigenvalue weighted by molar-refractivity contribution is -0.132. The zero-order chi connectivity index (χ0) is 17.9.